The quantitative estimate of drug-likeness (QED) is 0.748. The lowest BCUT2D eigenvalue weighted by molar-refractivity contribution is 0.483. The lowest BCUT2D eigenvalue weighted by Crippen LogP contribution is -2.37. The number of nitrogens with one attached hydrogen (secondary N) is 2. The van der Waals surface area contributed by atoms with Crippen LogP contribution in [-0.2, 0) is 6.54 Å². The van der Waals surface area contributed by atoms with Crippen LogP contribution in [0.15, 0.2) is 40.2 Å². The van der Waals surface area contributed by atoms with Crippen LogP contribution in [0.3, 0.4) is 0 Å². The molecule has 25 heavy (non-hydrogen) atoms. The van der Waals surface area contributed by atoms with Gasteiger partial charge in [0.05, 0.1) is 12.2 Å². The normalized spacial score (nSPS) is 14.9. The second-order valence-corrected chi connectivity index (χ2v) is 6.17. The van der Waals surface area contributed by atoms with Crippen molar-refractivity contribution in [3.8, 4) is 0 Å². The number of nitrogens with zero attached hydrogens (tertiary/aromatic N) is 4. The first-order chi connectivity index (χ1) is 12.2. The van der Waals surface area contributed by atoms with E-state index in [1.165, 1.54) is 10.8 Å². The second-order valence-electron chi connectivity index (χ2n) is 6.17. The molecule has 1 aliphatic rings. The van der Waals surface area contributed by atoms with Crippen LogP contribution in [0, 0.1) is 0 Å². The third kappa shape index (κ3) is 3.02. The highest BCUT2D eigenvalue weighted by molar-refractivity contribution is 5.73. The number of hydrogen-bond donors (Lipinski definition) is 2. The Bertz CT molecular complexity index is 1010. The van der Waals surface area contributed by atoms with E-state index in [0.29, 0.717) is 17.9 Å². The molecule has 0 amide bonds. The number of fused-ring (bicyclic) bond motifs is 1. The van der Waals surface area contributed by atoms with E-state index < -0.39 is 5.69 Å². The van der Waals surface area contributed by atoms with Gasteiger partial charge in [0.25, 0.3) is 5.56 Å². The van der Waals surface area contributed by atoms with Gasteiger partial charge in [0.1, 0.15) is 5.39 Å². The molecule has 0 aliphatic heterocycles. The Morgan fingerprint density at radius 1 is 1.20 bits per heavy atom. The molecule has 3 heterocycles. The lowest BCUT2D eigenvalue weighted by atomic mass is 10.2. The van der Waals surface area contributed by atoms with Crippen LogP contribution < -0.4 is 16.6 Å². The maximum atomic E-state index is 12.7. The van der Waals surface area contributed by atoms with Crippen LogP contribution in [-0.4, -0.2) is 24.5 Å². The summed E-state index contributed by atoms with van der Waals surface area (Å²) in [6.07, 6.45) is 6.98. The van der Waals surface area contributed by atoms with Gasteiger partial charge in [-0.2, -0.15) is 4.98 Å². The summed E-state index contributed by atoms with van der Waals surface area (Å²) in [5, 5.41) is 3.37. The third-order valence-corrected chi connectivity index (χ3v) is 4.53. The minimum atomic E-state index is -0.404. The van der Waals surface area contributed by atoms with E-state index in [1.807, 2.05) is 18.2 Å². The second kappa shape index (κ2) is 6.46. The van der Waals surface area contributed by atoms with Crippen molar-refractivity contribution in [3.63, 3.8) is 0 Å². The zero-order valence-corrected chi connectivity index (χ0v) is 13.6. The Hall–Kier alpha value is -3.03. The van der Waals surface area contributed by atoms with Gasteiger partial charge in [-0.1, -0.05) is 18.9 Å². The van der Waals surface area contributed by atoms with Crippen LogP contribution in [0.1, 0.15) is 37.4 Å². The number of rotatable bonds is 4. The van der Waals surface area contributed by atoms with Gasteiger partial charge in [-0.3, -0.25) is 19.3 Å². The molecule has 0 bridgehead atoms. The van der Waals surface area contributed by atoms with Crippen molar-refractivity contribution in [2.24, 2.45) is 0 Å². The molecule has 1 saturated carbocycles. The molecule has 3 aromatic heterocycles. The van der Waals surface area contributed by atoms with Crippen LogP contribution in [0.5, 0.6) is 0 Å². The molecule has 0 saturated heterocycles. The van der Waals surface area contributed by atoms with Crippen molar-refractivity contribution in [3.05, 3.63) is 57.1 Å². The number of aromatic nitrogens is 5. The number of hydrogen-bond acceptors (Lipinski definition) is 6. The van der Waals surface area contributed by atoms with E-state index in [0.717, 1.165) is 31.4 Å². The fourth-order valence-electron chi connectivity index (χ4n) is 3.27. The maximum absolute atomic E-state index is 12.7. The van der Waals surface area contributed by atoms with Gasteiger partial charge >= 0.3 is 5.69 Å². The molecule has 2 N–H and O–H groups in total. The van der Waals surface area contributed by atoms with Crippen LogP contribution >= 0.6 is 0 Å². The molecule has 0 atom stereocenters. The predicted octanol–water partition coefficient (Wildman–Crippen LogP) is 1.60. The Morgan fingerprint density at radius 2 is 2.04 bits per heavy atom. The van der Waals surface area contributed by atoms with E-state index in [4.69, 9.17) is 0 Å². The standard InChI is InChI=1S/C17H18N6O2/c24-15-13-10-20-16(19-9-11-5-3-4-8-18-11)21-14(13)22-17(25)23(15)12-6-1-2-7-12/h3-5,8,10,12H,1-2,6-7,9H2,(H2,19,20,21,22,25). The number of H-pyrrole nitrogens is 1. The van der Waals surface area contributed by atoms with Crippen molar-refractivity contribution in [1.29, 1.82) is 0 Å². The van der Waals surface area contributed by atoms with Crippen molar-refractivity contribution in [1.82, 2.24) is 24.5 Å². The summed E-state index contributed by atoms with van der Waals surface area (Å²) >= 11 is 0. The highest BCUT2D eigenvalue weighted by Crippen LogP contribution is 2.27. The Morgan fingerprint density at radius 3 is 2.80 bits per heavy atom. The van der Waals surface area contributed by atoms with E-state index in [-0.39, 0.29) is 17.2 Å². The molecule has 3 aromatic rings. The Kier molecular flexibility index (Phi) is 4.01. The summed E-state index contributed by atoms with van der Waals surface area (Å²) in [7, 11) is 0. The van der Waals surface area contributed by atoms with Crippen molar-refractivity contribution < 1.29 is 0 Å². The van der Waals surface area contributed by atoms with Gasteiger partial charge in [-0.05, 0) is 25.0 Å². The average Bonchev–Trinajstić information content (AvgIpc) is 3.15. The largest absolute Gasteiger partial charge is 0.349 e. The highest BCUT2D eigenvalue weighted by atomic mass is 16.2. The fraction of sp³-hybridized carbons (Fsp3) is 0.353. The molecular weight excluding hydrogens is 320 g/mol. The molecule has 0 radical (unpaired) electrons. The third-order valence-electron chi connectivity index (χ3n) is 4.53. The molecule has 0 aromatic carbocycles. The summed E-state index contributed by atoms with van der Waals surface area (Å²) in [6.45, 7) is 0.454. The maximum Gasteiger partial charge on any atom is 0.330 e. The van der Waals surface area contributed by atoms with Crippen LogP contribution in [0.4, 0.5) is 5.95 Å². The number of anilines is 1. The monoisotopic (exact) mass is 338 g/mol. The van der Waals surface area contributed by atoms with Gasteiger partial charge in [0.15, 0.2) is 5.65 Å². The van der Waals surface area contributed by atoms with Gasteiger partial charge in [-0.15, -0.1) is 0 Å². The molecular formula is C17H18N6O2. The lowest BCUT2D eigenvalue weighted by Gasteiger charge is -2.12. The Balaban J connectivity index is 1.66. The summed E-state index contributed by atoms with van der Waals surface area (Å²) in [6, 6.07) is 5.60. The zero-order valence-electron chi connectivity index (χ0n) is 13.6. The average molecular weight is 338 g/mol. The number of aromatic amines is 1. The van der Waals surface area contributed by atoms with Crippen LogP contribution in [0.2, 0.25) is 0 Å². The molecule has 4 rings (SSSR count). The topological polar surface area (TPSA) is 106 Å². The van der Waals surface area contributed by atoms with Crippen LogP contribution in [0.25, 0.3) is 11.0 Å². The summed E-state index contributed by atoms with van der Waals surface area (Å²) in [5.41, 5.74) is 0.375. The van der Waals surface area contributed by atoms with Gasteiger partial charge < -0.3 is 5.32 Å². The molecule has 8 heteroatoms. The van der Waals surface area contributed by atoms with E-state index in [2.05, 4.69) is 25.3 Å². The first kappa shape index (κ1) is 15.5. The van der Waals surface area contributed by atoms with E-state index in [1.54, 1.807) is 6.20 Å². The smallest absolute Gasteiger partial charge is 0.330 e. The van der Waals surface area contributed by atoms with Gasteiger partial charge in [0.2, 0.25) is 5.95 Å². The predicted molar refractivity (Wildman–Crippen MR) is 93.5 cm³/mol. The Labute approximate surface area is 143 Å². The summed E-state index contributed by atoms with van der Waals surface area (Å²) in [5.74, 6) is 0.340. The molecule has 128 valence electrons. The summed E-state index contributed by atoms with van der Waals surface area (Å²) in [4.78, 5) is 40.4. The van der Waals surface area contributed by atoms with Crippen molar-refractivity contribution >= 4 is 17.0 Å². The zero-order chi connectivity index (χ0) is 17.2. The van der Waals surface area contributed by atoms with Crippen molar-refractivity contribution in [2.45, 2.75) is 38.3 Å². The molecule has 8 nitrogen and oxygen atoms in total. The van der Waals surface area contributed by atoms with Gasteiger partial charge in [-0.25, -0.2) is 9.78 Å². The van der Waals surface area contributed by atoms with Crippen molar-refractivity contribution in [2.75, 3.05) is 5.32 Å². The van der Waals surface area contributed by atoms with E-state index >= 15 is 0 Å². The van der Waals surface area contributed by atoms with E-state index in [9.17, 15) is 9.59 Å². The highest BCUT2D eigenvalue weighted by Gasteiger charge is 2.21. The molecule has 1 fully saturated rings. The SMILES string of the molecule is O=c1[nH]c2nc(NCc3ccccn3)ncc2c(=O)n1C1CCCC1. The first-order valence-electron chi connectivity index (χ1n) is 8.38. The summed E-state index contributed by atoms with van der Waals surface area (Å²) < 4.78 is 1.32. The minimum absolute atomic E-state index is 0.0254. The van der Waals surface area contributed by atoms with Gasteiger partial charge in [0, 0.05) is 18.4 Å². The number of pyridine rings is 1. The first-order valence-corrected chi connectivity index (χ1v) is 8.38. The molecule has 0 unspecified atom stereocenters. The molecule has 0 spiro atoms. The molecule has 1 aliphatic carbocycles. The fourth-order valence-corrected chi connectivity index (χ4v) is 3.27. The minimum Gasteiger partial charge on any atom is -0.349 e.